The summed E-state index contributed by atoms with van der Waals surface area (Å²) < 4.78 is 57.7. The van der Waals surface area contributed by atoms with Crippen LogP contribution in [0.1, 0.15) is 16.7 Å². The number of hydrogen-bond donors (Lipinski definition) is 1. The van der Waals surface area contributed by atoms with Crippen molar-refractivity contribution in [1.29, 1.82) is 0 Å². The standard InChI is InChI=1S/C26H21F4N3O3S/c1-36-20-10-11-22-21(14-20)25(23(34)32(22)15-16-2-4-17(5-3-16)26(28,29)30)33(12-13-37-25)24(35)31-19-8-6-18(27)7-9-19/h2-11,14H,12-13,15H2,1H3,(H,31,35)/t25-/m1/s1. The molecule has 3 amide bonds. The van der Waals surface area contributed by atoms with Gasteiger partial charge in [-0.05, 0) is 60.2 Å². The fourth-order valence-corrected chi connectivity index (χ4v) is 6.04. The maximum atomic E-state index is 14.0. The molecule has 1 N–H and O–H groups in total. The van der Waals surface area contributed by atoms with Gasteiger partial charge in [0.1, 0.15) is 11.6 Å². The van der Waals surface area contributed by atoms with E-state index in [9.17, 15) is 27.2 Å². The van der Waals surface area contributed by atoms with Crippen LogP contribution in [0.4, 0.5) is 33.7 Å². The van der Waals surface area contributed by atoms with E-state index in [0.717, 1.165) is 12.1 Å². The molecule has 2 heterocycles. The number of thioether (sulfide) groups is 1. The van der Waals surface area contributed by atoms with E-state index in [1.165, 1.54) is 65.1 Å². The smallest absolute Gasteiger partial charge is 0.416 e. The number of rotatable bonds is 4. The van der Waals surface area contributed by atoms with Crippen molar-refractivity contribution in [2.75, 3.05) is 29.6 Å². The van der Waals surface area contributed by atoms with Crippen LogP contribution in [0.15, 0.2) is 66.7 Å². The second-order valence-corrected chi connectivity index (χ2v) is 9.84. The van der Waals surface area contributed by atoms with Crippen molar-refractivity contribution in [2.45, 2.75) is 17.6 Å². The van der Waals surface area contributed by atoms with Crippen molar-refractivity contribution in [2.24, 2.45) is 0 Å². The number of nitrogens with one attached hydrogen (secondary N) is 1. The van der Waals surface area contributed by atoms with E-state index < -0.39 is 28.5 Å². The third kappa shape index (κ3) is 4.37. The molecule has 192 valence electrons. The monoisotopic (exact) mass is 531 g/mol. The number of carbonyl (C=O) groups is 2. The summed E-state index contributed by atoms with van der Waals surface area (Å²) in [6, 6.07) is 14.5. The zero-order valence-electron chi connectivity index (χ0n) is 19.5. The van der Waals surface area contributed by atoms with Gasteiger partial charge in [0.2, 0.25) is 0 Å². The molecule has 3 aromatic carbocycles. The summed E-state index contributed by atoms with van der Waals surface area (Å²) in [6.07, 6.45) is -4.46. The highest BCUT2D eigenvalue weighted by atomic mass is 32.2. The number of anilines is 2. The fraction of sp³-hybridized carbons (Fsp3) is 0.231. The van der Waals surface area contributed by atoms with Crippen molar-refractivity contribution in [3.05, 3.63) is 89.2 Å². The number of halogens is 4. The Morgan fingerprint density at radius 3 is 2.43 bits per heavy atom. The summed E-state index contributed by atoms with van der Waals surface area (Å²) in [6.45, 7) is 0.292. The van der Waals surface area contributed by atoms with E-state index >= 15 is 0 Å². The first kappa shape index (κ1) is 24.9. The van der Waals surface area contributed by atoms with E-state index in [4.69, 9.17) is 4.74 Å². The molecule has 2 aliphatic heterocycles. The highest BCUT2D eigenvalue weighted by molar-refractivity contribution is 8.01. The van der Waals surface area contributed by atoms with Gasteiger partial charge in [-0.3, -0.25) is 9.69 Å². The number of urea groups is 1. The molecule has 1 saturated heterocycles. The molecule has 2 aliphatic rings. The quantitative estimate of drug-likeness (QED) is 0.430. The normalized spacial score (nSPS) is 18.9. The Labute approximate surface area is 214 Å². The zero-order valence-corrected chi connectivity index (χ0v) is 20.3. The number of nitrogens with zero attached hydrogens (tertiary/aromatic N) is 2. The highest BCUT2D eigenvalue weighted by Gasteiger charge is 2.59. The van der Waals surface area contributed by atoms with Gasteiger partial charge in [0, 0.05) is 23.5 Å². The Morgan fingerprint density at radius 1 is 1.08 bits per heavy atom. The van der Waals surface area contributed by atoms with Crippen LogP contribution in [-0.2, 0) is 22.4 Å². The van der Waals surface area contributed by atoms with Crippen LogP contribution >= 0.6 is 11.8 Å². The first-order valence-corrected chi connectivity index (χ1v) is 12.3. The third-order valence-corrected chi connectivity index (χ3v) is 7.78. The summed E-state index contributed by atoms with van der Waals surface area (Å²) in [5.74, 6) is 0.145. The lowest BCUT2D eigenvalue weighted by Crippen LogP contribution is -2.51. The average molecular weight is 532 g/mol. The maximum Gasteiger partial charge on any atom is 0.416 e. The predicted molar refractivity (Wildman–Crippen MR) is 132 cm³/mol. The lowest BCUT2D eigenvalue weighted by molar-refractivity contribution is -0.137. The van der Waals surface area contributed by atoms with Crippen molar-refractivity contribution in [1.82, 2.24) is 4.90 Å². The Balaban J connectivity index is 1.50. The maximum absolute atomic E-state index is 14.0. The first-order chi connectivity index (χ1) is 17.6. The second-order valence-electron chi connectivity index (χ2n) is 8.55. The van der Waals surface area contributed by atoms with Gasteiger partial charge in [-0.2, -0.15) is 13.2 Å². The molecule has 0 aliphatic carbocycles. The number of ether oxygens (including phenoxy) is 1. The highest BCUT2D eigenvalue weighted by Crippen LogP contribution is 2.55. The van der Waals surface area contributed by atoms with Gasteiger partial charge in [0.05, 0.1) is 24.9 Å². The van der Waals surface area contributed by atoms with Crippen molar-refractivity contribution in [3.8, 4) is 5.75 Å². The van der Waals surface area contributed by atoms with Gasteiger partial charge < -0.3 is 15.0 Å². The molecule has 6 nitrogen and oxygen atoms in total. The number of hydrogen-bond acceptors (Lipinski definition) is 4. The third-order valence-electron chi connectivity index (χ3n) is 6.36. The summed E-state index contributed by atoms with van der Waals surface area (Å²) in [4.78, 5) is 28.9. The Morgan fingerprint density at radius 2 is 1.78 bits per heavy atom. The topological polar surface area (TPSA) is 61.9 Å². The number of methoxy groups -OCH3 is 1. The van der Waals surface area contributed by atoms with Crippen LogP contribution in [0.3, 0.4) is 0 Å². The Hall–Kier alpha value is -3.73. The average Bonchev–Trinajstić information content (AvgIpc) is 3.42. The molecule has 0 saturated carbocycles. The van der Waals surface area contributed by atoms with Crippen LogP contribution < -0.4 is 15.0 Å². The fourth-order valence-electron chi connectivity index (χ4n) is 4.58. The molecule has 3 aromatic rings. The van der Waals surface area contributed by atoms with Crippen LogP contribution in [0.25, 0.3) is 0 Å². The minimum absolute atomic E-state index is 0.0199. The predicted octanol–water partition coefficient (Wildman–Crippen LogP) is 5.83. The molecule has 37 heavy (non-hydrogen) atoms. The summed E-state index contributed by atoms with van der Waals surface area (Å²) in [5, 5.41) is 2.73. The van der Waals surface area contributed by atoms with E-state index in [0.29, 0.717) is 34.0 Å². The van der Waals surface area contributed by atoms with E-state index in [1.807, 2.05) is 0 Å². The number of benzene rings is 3. The van der Waals surface area contributed by atoms with Crippen molar-refractivity contribution < 1.29 is 31.9 Å². The van der Waals surface area contributed by atoms with Gasteiger partial charge in [0.15, 0.2) is 4.87 Å². The molecule has 1 atom stereocenters. The Bertz CT molecular complexity index is 1350. The Kier molecular flexibility index (Phi) is 6.26. The molecule has 0 aromatic heterocycles. The molecule has 11 heteroatoms. The van der Waals surface area contributed by atoms with E-state index in [-0.39, 0.29) is 19.0 Å². The molecule has 0 unspecified atom stereocenters. The van der Waals surface area contributed by atoms with Crippen molar-refractivity contribution >= 4 is 35.1 Å². The largest absolute Gasteiger partial charge is 0.497 e. The van der Waals surface area contributed by atoms with E-state index in [1.54, 1.807) is 18.2 Å². The molecule has 1 fully saturated rings. The summed E-state index contributed by atoms with van der Waals surface area (Å²) in [5.41, 5.74) is 1.20. The molecular formula is C26H21F4N3O3S. The van der Waals surface area contributed by atoms with Gasteiger partial charge in [-0.1, -0.05) is 12.1 Å². The first-order valence-electron chi connectivity index (χ1n) is 11.3. The van der Waals surface area contributed by atoms with Crippen LogP contribution in [0.2, 0.25) is 0 Å². The molecule has 0 bridgehead atoms. The number of amides is 3. The molecular weight excluding hydrogens is 510 g/mol. The second kappa shape index (κ2) is 9.29. The number of alkyl halides is 3. The van der Waals surface area contributed by atoms with Gasteiger partial charge in [-0.15, -0.1) is 11.8 Å². The number of fused-ring (bicyclic) bond motifs is 2. The van der Waals surface area contributed by atoms with Crippen LogP contribution in [-0.4, -0.2) is 36.2 Å². The molecule has 0 radical (unpaired) electrons. The lowest BCUT2D eigenvalue weighted by atomic mass is 10.1. The molecule has 5 rings (SSSR count). The van der Waals surface area contributed by atoms with Crippen LogP contribution in [0, 0.1) is 5.82 Å². The van der Waals surface area contributed by atoms with Crippen molar-refractivity contribution in [3.63, 3.8) is 0 Å². The minimum Gasteiger partial charge on any atom is -0.497 e. The van der Waals surface area contributed by atoms with Gasteiger partial charge >= 0.3 is 12.2 Å². The summed E-state index contributed by atoms with van der Waals surface area (Å²) in [7, 11) is 1.49. The van der Waals surface area contributed by atoms with Gasteiger partial charge in [0.25, 0.3) is 5.91 Å². The van der Waals surface area contributed by atoms with Crippen LogP contribution in [0.5, 0.6) is 5.75 Å². The minimum atomic E-state index is -4.46. The van der Waals surface area contributed by atoms with E-state index in [2.05, 4.69) is 5.32 Å². The number of carbonyl (C=O) groups excluding carboxylic acids is 2. The van der Waals surface area contributed by atoms with Gasteiger partial charge in [-0.25, -0.2) is 9.18 Å². The zero-order chi connectivity index (χ0) is 26.4. The lowest BCUT2D eigenvalue weighted by Gasteiger charge is -2.33. The summed E-state index contributed by atoms with van der Waals surface area (Å²) >= 11 is 1.30. The molecule has 1 spiro atoms. The SMILES string of the molecule is COc1ccc2c(c1)[C@@]1(SCCN1C(=O)Nc1ccc(F)cc1)C(=O)N2Cc1ccc(C(F)(F)F)cc1.